The van der Waals surface area contributed by atoms with Crippen molar-refractivity contribution in [2.45, 2.75) is 23.5 Å². The van der Waals surface area contributed by atoms with Gasteiger partial charge in [-0.1, -0.05) is 24.3 Å². The highest BCUT2D eigenvalue weighted by Gasteiger charge is 2.30. The highest BCUT2D eigenvalue weighted by molar-refractivity contribution is 7.94. The molecule has 30 heavy (non-hydrogen) atoms. The van der Waals surface area contributed by atoms with Crippen LogP contribution in [0.1, 0.15) is 17.5 Å². The third kappa shape index (κ3) is 4.06. The highest BCUT2D eigenvalue weighted by Crippen LogP contribution is 2.33. The predicted molar refractivity (Wildman–Crippen MR) is 119 cm³/mol. The molecule has 0 saturated heterocycles. The molecule has 0 aliphatic heterocycles. The molecular formula is C22H22N2O4S2. The zero-order chi connectivity index (χ0) is 21.1. The Morgan fingerprint density at radius 3 is 2.67 bits per heavy atom. The summed E-state index contributed by atoms with van der Waals surface area (Å²) in [5.74, 6) is -0.0399. The molecule has 156 valence electrons. The minimum atomic E-state index is -3.93. The van der Waals surface area contributed by atoms with E-state index in [1.807, 2.05) is 18.2 Å². The molecule has 1 aromatic heterocycles. The molecule has 0 saturated carbocycles. The zero-order valence-electron chi connectivity index (χ0n) is 16.5. The van der Waals surface area contributed by atoms with E-state index in [2.05, 4.69) is 5.32 Å². The number of hydrogen-bond acceptors (Lipinski definition) is 5. The van der Waals surface area contributed by atoms with Crippen molar-refractivity contribution in [3.05, 3.63) is 71.1 Å². The summed E-state index contributed by atoms with van der Waals surface area (Å²) in [4.78, 5) is 12.9. The lowest BCUT2D eigenvalue weighted by Gasteiger charge is -2.25. The van der Waals surface area contributed by atoms with Gasteiger partial charge in [0.05, 0.1) is 12.8 Å². The molecule has 2 aromatic carbocycles. The number of carbonyl (C=O) groups excluding carboxylic acids is 1. The van der Waals surface area contributed by atoms with E-state index < -0.39 is 15.9 Å². The second kappa shape index (κ2) is 8.49. The van der Waals surface area contributed by atoms with Gasteiger partial charge in [-0.05, 0) is 66.1 Å². The monoisotopic (exact) mass is 442 g/mol. The number of ether oxygens (including phenoxy) is 1. The zero-order valence-corrected chi connectivity index (χ0v) is 18.1. The van der Waals surface area contributed by atoms with Crippen molar-refractivity contribution in [2.75, 3.05) is 23.3 Å². The van der Waals surface area contributed by atoms with Crippen molar-refractivity contribution in [1.29, 1.82) is 0 Å². The summed E-state index contributed by atoms with van der Waals surface area (Å²) >= 11 is 1.11. The normalized spacial score (nSPS) is 13.0. The van der Waals surface area contributed by atoms with Crippen LogP contribution < -0.4 is 14.4 Å². The first-order chi connectivity index (χ1) is 14.5. The van der Waals surface area contributed by atoms with Crippen LogP contribution in [0.15, 0.2) is 64.2 Å². The molecule has 0 atom stereocenters. The van der Waals surface area contributed by atoms with E-state index in [4.69, 9.17) is 4.74 Å². The Morgan fingerprint density at radius 1 is 1.10 bits per heavy atom. The lowest BCUT2D eigenvalue weighted by atomic mass is 10.1. The molecule has 4 rings (SSSR count). The number of hydrogen-bond donors (Lipinski definition) is 1. The molecule has 8 heteroatoms. The highest BCUT2D eigenvalue weighted by atomic mass is 32.2. The van der Waals surface area contributed by atoms with Crippen molar-refractivity contribution in [1.82, 2.24) is 0 Å². The number of para-hydroxylation sites is 2. The van der Waals surface area contributed by atoms with Crippen LogP contribution in [0.4, 0.5) is 11.4 Å². The fourth-order valence-corrected chi connectivity index (χ4v) is 6.17. The summed E-state index contributed by atoms with van der Waals surface area (Å²) in [5.41, 5.74) is 3.54. The third-order valence-corrected chi connectivity index (χ3v) is 8.20. The molecule has 0 fully saturated rings. The van der Waals surface area contributed by atoms with Gasteiger partial charge in [-0.3, -0.25) is 9.10 Å². The summed E-state index contributed by atoms with van der Waals surface area (Å²) < 4.78 is 33.2. The lowest BCUT2D eigenvalue weighted by molar-refractivity contribution is -0.114. The van der Waals surface area contributed by atoms with E-state index in [1.165, 1.54) is 24.3 Å². The van der Waals surface area contributed by atoms with Crippen LogP contribution in [0.25, 0.3) is 0 Å². The van der Waals surface area contributed by atoms with Crippen LogP contribution in [0.5, 0.6) is 5.75 Å². The van der Waals surface area contributed by atoms with E-state index >= 15 is 0 Å². The molecular weight excluding hydrogens is 420 g/mol. The number of benzene rings is 2. The molecule has 1 heterocycles. The van der Waals surface area contributed by atoms with Crippen molar-refractivity contribution in [3.8, 4) is 5.75 Å². The fourth-order valence-electron chi connectivity index (χ4n) is 3.63. The van der Waals surface area contributed by atoms with Crippen molar-refractivity contribution in [2.24, 2.45) is 0 Å². The quantitative estimate of drug-likeness (QED) is 0.598. The van der Waals surface area contributed by atoms with E-state index in [0.717, 1.165) is 34.9 Å². The van der Waals surface area contributed by atoms with Gasteiger partial charge in [-0.25, -0.2) is 8.42 Å². The molecule has 1 amide bonds. The number of anilines is 2. The summed E-state index contributed by atoms with van der Waals surface area (Å²) in [6.45, 7) is -0.363. The van der Waals surface area contributed by atoms with Gasteiger partial charge in [0.15, 0.2) is 0 Å². The van der Waals surface area contributed by atoms with E-state index in [1.54, 1.807) is 35.7 Å². The average molecular weight is 443 g/mol. The Kier molecular flexibility index (Phi) is 5.78. The van der Waals surface area contributed by atoms with Gasteiger partial charge in [0.2, 0.25) is 5.91 Å². The number of nitrogens with zero attached hydrogens (tertiary/aromatic N) is 1. The second-order valence-electron chi connectivity index (χ2n) is 7.00. The Morgan fingerprint density at radius 2 is 1.90 bits per heavy atom. The fraction of sp³-hybridized carbons (Fsp3) is 0.227. The maximum atomic E-state index is 13.3. The number of thiophene rings is 1. The number of nitrogens with one attached hydrogen (secondary N) is 1. The van der Waals surface area contributed by atoms with Crippen LogP contribution in [-0.2, 0) is 27.7 Å². The number of methoxy groups -OCH3 is 1. The molecule has 6 nitrogen and oxygen atoms in total. The van der Waals surface area contributed by atoms with Crippen molar-refractivity contribution < 1.29 is 17.9 Å². The number of carbonyl (C=O) groups is 1. The van der Waals surface area contributed by atoms with Gasteiger partial charge < -0.3 is 10.1 Å². The molecule has 3 aromatic rings. The lowest BCUT2D eigenvalue weighted by Crippen LogP contribution is -2.38. The smallest absolute Gasteiger partial charge is 0.274 e. The minimum Gasteiger partial charge on any atom is -0.495 e. The Balaban J connectivity index is 1.64. The second-order valence-corrected chi connectivity index (χ2v) is 10.0. The summed E-state index contributed by atoms with van der Waals surface area (Å²) in [7, 11) is -2.46. The molecule has 0 bridgehead atoms. The Bertz CT molecular complexity index is 1160. The van der Waals surface area contributed by atoms with Gasteiger partial charge in [0.25, 0.3) is 10.0 Å². The number of fused-ring (bicyclic) bond motifs is 1. The molecule has 1 aliphatic rings. The largest absolute Gasteiger partial charge is 0.495 e. The van der Waals surface area contributed by atoms with Crippen LogP contribution in [0, 0.1) is 0 Å². The van der Waals surface area contributed by atoms with Crippen molar-refractivity contribution in [3.63, 3.8) is 0 Å². The van der Waals surface area contributed by atoms with Gasteiger partial charge in [-0.15, -0.1) is 11.3 Å². The molecule has 0 unspecified atom stereocenters. The van der Waals surface area contributed by atoms with Crippen LogP contribution in [0.2, 0.25) is 0 Å². The van der Waals surface area contributed by atoms with Gasteiger partial charge >= 0.3 is 0 Å². The summed E-state index contributed by atoms with van der Waals surface area (Å²) in [5, 5.41) is 4.54. The van der Waals surface area contributed by atoms with Gasteiger partial charge in [0.1, 0.15) is 16.5 Å². The number of amides is 1. The van der Waals surface area contributed by atoms with Crippen LogP contribution in [-0.4, -0.2) is 28.0 Å². The molecule has 1 aliphatic carbocycles. The predicted octanol–water partition coefficient (Wildman–Crippen LogP) is 4.08. The third-order valence-electron chi connectivity index (χ3n) is 5.06. The topological polar surface area (TPSA) is 75.7 Å². The van der Waals surface area contributed by atoms with E-state index in [-0.39, 0.29) is 10.8 Å². The van der Waals surface area contributed by atoms with Gasteiger partial charge in [0, 0.05) is 5.69 Å². The first kappa shape index (κ1) is 20.4. The van der Waals surface area contributed by atoms with Crippen LogP contribution >= 0.6 is 11.3 Å². The Labute approximate surface area is 180 Å². The number of aryl methyl sites for hydroxylation is 2. The number of sulfonamides is 1. The standard InChI is InChI=1S/C22H22N2O4S2/c1-28-20-9-3-2-8-19(20)24(30(26,27)22-10-5-13-29-22)15-21(25)23-18-12-11-16-6-4-7-17(16)14-18/h2-3,5,8-14H,4,6-7,15H2,1H3,(H,23,25). The Hall–Kier alpha value is -2.84. The maximum Gasteiger partial charge on any atom is 0.274 e. The maximum absolute atomic E-state index is 13.3. The molecule has 0 spiro atoms. The summed E-state index contributed by atoms with van der Waals surface area (Å²) in [6, 6.07) is 15.8. The minimum absolute atomic E-state index is 0.165. The van der Waals surface area contributed by atoms with Crippen LogP contribution in [0.3, 0.4) is 0 Å². The van der Waals surface area contributed by atoms with Crippen molar-refractivity contribution >= 4 is 38.6 Å². The first-order valence-corrected chi connectivity index (χ1v) is 11.9. The van der Waals surface area contributed by atoms with Gasteiger partial charge in [-0.2, -0.15) is 0 Å². The number of rotatable bonds is 7. The SMILES string of the molecule is COc1ccccc1N(CC(=O)Nc1ccc2c(c1)CCC2)S(=O)(=O)c1cccs1. The molecule has 1 N–H and O–H groups in total. The average Bonchev–Trinajstić information content (AvgIpc) is 3.44. The summed E-state index contributed by atoms with van der Waals surface area (Å²) in [6.07, 6.45) is 3.18. The molecule has 0 radical (unpaired) electrons. The van der Waals surface area contributed by atoms with E-state index in [0.29, 0.717) is 17.1 Å². The first-order valence-electron chi connectivity index (χ1n) is 9.60. The van der Waals surface area contributed by atoms with E-state index in [9.17, 15) is 13.2 Å².